The van der Waals surface area contributed by atoms with Crippen LogP contribution in [0.15, 0.2) is 12.1 Å². The Bertz CT molecular complexity index is 462. The van der Waals surface area contributed by atoms with Gasteiger partial charge in [-0.25, -0.2) is 8.78 Å². The second kappa shape index (κ2) is 6.68. The Morgan fingerprint density at radius 1 is 1.20 bits per heavy atom. The van der Waals surface area contributed by atoms with Crippen molar-refractivity contribution >= 4 is 5.91 Å². The molecule has 110 valence electrons. The number of benzene rings is 1. The van der Waals surface area contributed by atoms with E-state index in [1.54, 1.807) is 0 Å². The lowest BCUT2D eigenvalue weighted by Crippen LogP contribution is -2.36. The van der Waals surface area contributed by atoms with Crippen LogP contribution in [0.2, 0.25) is 0 Å². The molecule has 2 N–H and O–H groups in total. The molecular weight excluding hydrogens is 264 g/mol. The van der Waals surface area contributed by atoms with Crippen LogP contribution in [-0.4, -0.2) is 17.1 Å². The van der Waals surface area contributed by atoms with Gasteiger partial charge in [-0.2, -0.15) is 0 Å². The average molecular weight is 283 g/mol. The van der Waals surface area contributed by atoms with Gasteiger partial charge in [-0.05, 0) is 37.0 Å². The fourth-order valence-corrected chi connectivity index (χ4v) is 2.57. The van der Waals surface area contributed by atoms with E-state index in [2.05, 4.69) is 5.32 Å². The van der Waals surface area contributed by atoms with E-state index in [9.17, 15) is 13.6 Å². The van der Waals surface area contributed by atoms with E-state index in [1.165, 1.54) is 6.42 Å². The van der Waals surface area contributed by atoms with Crippen molar-refractivity contribution in [3.05, 3.63) is 29.3 Å². The number of amides is 1. The Hall–Kier alpha value is -1.65. The van der Waals surface area contributed by atoms with Crippen molar-refractivity contribution in [3.8, 4) is 5.75 Å². The maximum atomic E-state index is 13.1. The summed E-state index contributed by atoms with van der Waals surface area (Å²) in [6.45, 7) is 0. The lowest BCUT2D eigenvalue weighted by Gasteiger charge is -2.22. The standard InChI is InChI=1S/C15H19F2NO2/c16-12-8-10(9-13(17)15(12)20)6-7-14(19)18-11-4-2-1-3-5-11/h8-9,11,20H,1-7H2,(H,18,19). The molecule has 1 fully saturated rings. The van der Waals surface area contributed by atoms with Crippen LogP contribution in [0, 0.1) is 11.6 Å². The zero-order valence-electron chi connectivity index (χ0n) is 11.3. The van der Waals surface area contributed by atoms with Gasteiger partial charge < -0.3 is 10.4 Å². The molecule has 20 heavy (non-hydrogen) atoms. The van der Waals surface area contributed by atoms with Gasteiger partial charge in [-0.3, -0.25) is 4.79 Å². The van der Waals surface area contributed by atoms with Gasteiger partial charge in [-0.15, -0.1) is 0 Å². The molecule has 2 rings (SSSR count). The third kappa shape index (κ3) is 3.92. The van der Waals surface area contributed by atoms with Gasteiger partial charge in [0.1, 0.15) is 0 Å². The molecule has 0 unspecified atom stereocenters. The van der Waals surface area contributed by atoms with Crippen molar-refractivity contribution in [2.45, 2.75) is 51.0 Å². The first-order chi connectivity index (χ1) is 9.56. The van der Waals surface area contributed by atoms with Gasteiger partial charge in [0.05, 0.1) is 0 Å². The predicted octanol–water partition coefficient (Wildman–Crippen LogP) is 3.05. The molecule has 0 spiro atoms. The summed E-state index contributed by atoms with van der Waals surface area (Å²) in [6.07, 6.45) is 5.96. The zero-order chi connectivity index (χ0) is 14.5. The molecular formula is C15H19F2NO2. The van der Waals surface area contributed by atoms with Crippen molar-refractivity contribution in [1.29, 1.82) is 0 Å². The Labute approximate surface area is 117 Å². The second-order valence-corrected chi connectivity index (χ2v) is 5.31. The van der Waals surface area contributed by atoms with Crippen LogP contribution < -0.4 is 5.32 Å². The maximum Gasteiger partial charge on any atom is 0.220 e. The quantitative estimate of drug-likeness (QED) is 0.892. The van der Waals surface area contributed by atoms with E-state index in [0.717, 1.165) is 37.8 Å². The fourth-order valence-electron chi connectivity index (χ4n) is 2.57. The van der Waals surface area contributed by atoms with Gasteiger partial charge >= 0.3 is 0 Å². The van der Waals surface area contributed by atoms with Crippen LogP contribution in [0.5, 0.6) is 5.75 Å². The molecule has 0 radical (unpaired) electrons. The van der Waals surface area contributed by atoms with Crippen molar-refractivity contribution < 1.29 is 18.7 Å². The molecule has 1 aliphatic carbocycles. The smallest absolute Gasteiger partial charge is 0.220 e. The first-order valence-corrected chi connectivity index (χ1v) is 7.02. The normalized spacial score (nSPS) is 16.1. The summed E-state index contributed by atoms with van der Waals surface area (Å²) in [5.74, 6) is -3.05. The van der Waals surface area contributed by atoms with Gasteiger partial charge in [0, 0.05) is 12.5 Å². The molecule has 1 aromatic rings. The summed E-state index contributed by atoms with van der Waals surface area (Å²) in [5.41, 5.74) is 0.372. The number of carbonyl (C=O) groups excluding carboxylic acids is 1. The summed E-state index contributed by atoms with van der Waals surface area (Å²) >= 11 is 0. The number of phenolic OH excluding ortho intramolecular Hbond substituents is 1. The highest BCUT2D eigenvalue weighted by Crippen LogP contribution is 2.22. The predicted molar refractivity (Wildman–Crippen MR) is 71.4 cm³/mol. The second-order valence-electron chi connectivity index (χ2n) is 5.31. The van der Waals surface area contributed by atoms with E-state index in [-0.39, 0.29) is 24.8 Å². The highest BCUT2D eigenvalue weighted by atomic mass is 19.1. The minimum Gasteiger partial charge on any atom is -0.503 e. The van der Waals surface area contributed by atoms with Gasteiger partial charge in [-0.1, -0.05) is 19.3 Å². The van der Waals surface area contributed by atoms with Crippen LogP contribution >= 0.6 is 0 Å². The monoisotopic (exact) mass is 283 g/mol. The first kappa shape index (κ1) is 14.8. The van der Waals surface area contributed by atoms with Gasteiger partial charge in [0.2, 0.25) is 5.91 Å². The van der Waals surface area contributed by atoms with E-state index in [1.807, 2.05) is 0 Å². The van der Waals surface area contributed by atoms with Gasteiger partial charge in [0.15, 0.2) is 17.4 Å². The largest absolute Gasteiger partial charge is 0.503 e. The first-order valence-electron chi connectivity index (χ1n) is 7.02. The van der Waals surface area contributed by atoms with Crippen molar-refractivity contribution in [3.63, 3.8) is 0 Å². The fraction of sp³-hybridized carbons (Fsp3) is 0.533. The van der Waals surface area contributed by atoms with Crippen molar-refractivity contribution in [1.82, 2.24) is 5.32 Å². The minimum absolute atomic E-state index is 0.0919. The van der Waals surface area contributed by atoms with Crippen LogP contribution in [0.3, 0.4) is 0 Å². The average Bonchev–Trinajstić information content (AvgIpc) is 2.43. The molecule has 0 atom stereocenters. The number of aryl methyl sites for hydroxylation is 1. The Morgan fingerprint density at radius 3 is 2.40 bits per heavy atom. The summed E-state index contributed by atoms with van der Waals surface area (Å²) in [5, 5.41) is 11.9. The lowest BCUT2D eigenvalue weighted by molar-refractivity contribution is -0.121. The number of hydrogen-bond acceptors (Lipinski definition) is 2. The number of rotatable bonds is 4. The number of nitrogens with one attached hydrogen (secondary N) is 1. The third-order valence-electron chi connectivity index (χ3n) is 3.69. The SMILES string of the molecule is O=C(CCc1cc(F)c(O)c(F)c1)NC1CCCCC1. The van der Waals surface area contributed by atoms with E-state index < -0.39 is 17.4 Å². The Kier molecular flexibility index (Phi) is 4.93. The molecule has 1 aromatic carbocycles. The number of hydrogen-bond donors (Lipinski definition) is 2. The summed E-state index contributed by atoms with van der Waals surface area (Å²) in [6, 6.07) is 2.36. The molecule has 3 nitrogen and oxygen atoms in total. The number of halogens is 2. The zero-order valence-corrected chi connectivity index (χ0v) is 11.3. The molecule has 0 saturated heterocycles. The topological polar surface area (TPSA) is 49.3 Å². The molecule has 0 aromatic heterocycles. The highest BCUT2D eigenvalue weighted by Gasteiger charge is 2.16. The maximum absolute atomic E-state index is 13.1. The van der Waals surface area contributed by atoms with Crippen molar-refractivity contribution in [2.24, 2.45) is 0 Å². The molecule has 0 bridgehead atoms. The molecule has 0 heterocycles. The summed E-state index contributed by atoms with van der Waals surface area (Å²) < 4.78 is 26.3. The summed E-state index contributed by atoms with van der Waals surface area (Å²) in [4.78, 5) is 11.8. The Morgan fingerprint density at radius 2 is 1.80 bits per heavy atom. The van der Waals surface area contributed by atoms with Crippen LogP contribution in [0.1, 0.15) is 44.1 Å². The van der Waals surface area contributed by atoms with Crippen LogP contribution in [0.25, 0.3) is 0 Å². The minimum atomic E-state index is -0.993. The van der Waals surface area contributed by atoms with E-state index in [4.69, 9.17) is 5.11 Å². The Balaban J connectivity index is 1.83. The summed E-state index contributed by atoms with van der Waals surface area (Å²) in [7, 11) is 0. The molecule has 5 heteroatoms. The number of carbonyl (C=O) groups is 1. The van der Waals surface area contributed by atoms with Crippen LogP contribution in [0.4, 0.5) is 8.78 Å². The number of phenols is 1. The highest BCUT2D eigenvalue weighted by molar-refractivity contribution is 5.76. The van der Waals surface area contributed by atoms with Crippen molar-refractivity contribution in [2.75, 3.05) is 0 Å². The number of aromatic hydroxyl groups is 1. The molecule has 1 saturated carbocycles. The third-order valence-corrected chi connectivity index (χ3v) is 3.69. The molecule has 0 aliphatic heterocycles. The van der Waals surface area contributed by atoms with E-state index >= 15 is 0 Å². The molecule has 1 amide bonds. The van der Waals surface area contributed by atoms with Gasteiger partial charge in [0.25, 0.3) is 0 Å². The van der Waals surface area contributed by atoms with Crippen LogP contribution in [-0.2, 0) is 11.2 Å². The van der Waals surface area contributed by atoms with E-state index in [0.29, 0.717) is 5.56 Å². The molecule has 1 aliphatic rings. The lowest BCUT2D eigenvalue weighted by atomic mass is 9.95.